The molecule has 4 heteroatoms. The lowest BCUT2D eigenvalue weighted by atomic mass is 10.3. The number of aromatic nitrogens is 1. The number of carbonyl (C=O) groups excluding carboxylic acids is 1. The normalized spacial score (nSPS) is 10.5. The second-order valence-corrected chi connectivity index (χ2v) is 5.37. The smallest absolute Gasteiger partial charge is 0.189 e. The fourth-order valence-electron chi connectivity index (χ4n) is 1.31. The Bertz CT molecular complexity index is 445. The van der Waals surface area contributed by atoms with Gasteiger partial charge in [-0.3, -0.25) is 4.79 Å². The first-order valence-electron chi connectivity index (χ1n) is 4.58. The summed E-state index contributed by atoms with van der Waals surface area (Å²) in [5, 5.41) is 2.02. The molecule has 0 amide bonds. The molecule has 2 heterocycles. The van der Waals surface area contributed by atoms with E-state index in [4.69, 9.17) is 0 Å². The van der Waals surface area contributed by atoms with E-state index in [9.17, 15) is 4.79 Å². The standard InChI is InChI=1S/C11H11NOS2/c1-12-6-2-4-9(12)10(13)8-15-11-5-3-7-14-11/h2-7H,8H2,1H3. The Labute approximate surface area is 96.9 Å². The van der Waals surface area contributed by atoms with Gasteiger partial charge in [0.15, 0.2) is 5.78 Å². The minimum Gasteiger partial charge on any atom is -0.348 e. The largest absolute Gasteiger partial charge is 0.348 e. The van der Waals surface area contributed by atoms with Crippen LogP contribution in [0.4, 0.5) is 0 Å². The maximum Gasteiger partial charge on any atom is 0.189 e. The van der Waals surface area contributed by atoms with E-state index in [0.717, 1.165) is 5.69 Å². The van der Waals surface area contributed by atoms with Crippen molar-refractivity contribution in [3.05, 3.63) is 41.5 Å². The highest BCUT2D eigenvalue weighted by molar-refractivity contribution is 8.01. The van der Waals surface area contributed by atoms with Crippen LogP contribution in [0.1, 0.15) is 10.5 Å². The van der Waals surface area contributed by atoms with Crippen LogP contribution in [0.5, 0.6) is 0 Å². The second-order valence-electron chi connectivity index (χ2n) is 3.15. The summed E-state index contributed by atoms with van der Waals surface area (Å²) in [6.45, 7) is 0. The predicted octanol–water partition coefficient (Wildman–Crippen LogP) is 3.06. The van der Waals surface area contributed by atoms with Gasteiger partial charge in [-0.05, 0) is 23.6 Å². The van der Waals surface area contributed by atoms with Gasteiger partial charge in [-0.25, -0.2) is 0 Å². The zero-order valence-electron chi connectivity index (χ0n) is 8.34. The van der Waals surface area contributed by atoms with Crippen molar-refractivity contribution >= 4 is 28.9 Å². The quantitative estimate of drug-likeness (QED) is 0.602. The van der Waals surface area contributed by atoms with Crippen LogP contribution in [0.2, 0.25) is 0 Å². The van der Waals surface area contributed by atoms with Crippen LogP contribution in [-0.4, -0.2) is 16.1 Å². The first kappa shape index (κ1) is 10.5. The maximum absolute atomic E-state index is 11.8. The van der Waals surface area contributed by atoms with E-state index >= 15 is 0 Å². The molecule has 0 aliphatic carbocycles. The van der Waals surface area contributed by atoms with Crippen LogP contribution in [0.25, 0.3) is 0 Å². The summed E-state index contributed by atoms with van der Waals surface area (Å²) in [5.41, 5.74) is 0.777. The number of thioether (sulfide) groups is 1. The summed E-state index contributed by atoms with van der Waals surface area (Å²) in [7, 11) is 1.89. The molecule has 0 fully saturated rings. The topological polar surface area (TPSA) is 22.0 Å². The van der Waals surface area contributed by atoms with Crippen LogP contribution in [-0.2, 0) is 7.05 Å². The van der Waals surface area contributed by atoms with E-state index in [1.54, 1.807) is 23.1 Å². The first-order valence-corrected chi connectivity index (χ1v) is 6.45. The Morgan fingerprint density at radius 3 is 2.93 bits per heavy atom. The molecule has 0 aliphatic heterocycles. The van der Waals surface area contributed by atoms with E-state index in [1.807, 2.05) is 47.5 Å². The highest BCUT2D eigenvalue weighted by atomic mass is 32.2. The van der Waals surface area contributed by atoms with Crippen molar-refractivity contribution in [2.45, 2.75) is 4.21 Å². The Morgan fingerprint density at radius 1 is 1.47 bits per heavy atom. The molecule has 0 spiro atoms. The number of rotatable bonds is 4. The number of Topliss-reactive ketones (excluding diaryl/α,β-unsaturated/α-hetero) is 1. The molecular weight excluding hydrogens is 226 g/mol. The monoisotopic (exact) mass is 237 g/mol. The van der Waals surface area contributed by atoms with Crippen LogP contribution in [0.15, 0.2) is 40.1 Å². The zero-order valence-corrected chi connectivity index (χ0v) is 9.98. The molecule has 0 bridgehead atoms. The van der Waals surface area contributed by atoms with E-state index in [2.05, 4.69) is 0 Å². The first-order chi connectivity index (χ1) is 7.27. The molecule has 0 saturated carbocycles. The molecule has 2 rings (SSSR count). The number of aryl methyl sites for hydroxylation is 1. The lowest BCUT2D eigenvalue weighted by Gasteiger charge is -2.01. The SMILES string of the molecule is Cn1cccc1C(=O)CSc1cccs1. The van der Waals surface area contributed by atoms with Crippen LogP contribution >= 0.6 is 23.1 Å². The lowest BCUT2D eigenvalue weighted by Crippen LogP contribution is -2.07. The van der Waals surface area contributed by atoms with Gasteiger partial charge in [-0.2, -0.15) is 0 Å². The summed E-state index contributed by atoms with van der Waals surface area (Å²) in [4.78, 5) is 11.8. The molecule has 0 atom stereocenters. The van der Waals surface area contributed by atoms with E-state index in [-0.39, 0.29) is 5.78 Å². The van der Waals surface area contributed by atoms with Crippen LogP contribution in [0, 0.1) is 0 Å². The predicted molar refractivity (Wildman–Crippen MR) is 64.8 cm³/mol. The summed E-state index contributed by atoms with van der Waals surface area (Å²) >= 11 is 3.27. The third-order valence-corrected chi connectivity index (χ3v) is 4.20. The summed E-state index contributed by atoms with van der Waals surface area (Å²) in [5.74, 6) is 0.694. The van der Waals surface area contributed by atoms with Crippen molar-refractivity contribution in [2.24, 2.45) is 7.05 Å². The van der Waals surface area contributed by atoms with Gasteiger partial charge in [0.1, 0.15) is 0 Å². The Hall–Kier alpha value is -1.00. The minimum absolute atomic E-state index is 0.181. The molecular formula is C11H11NOS2. The molecule has 0 aliphatic rings. The third-order valence-electron chi connectivity index (χ3n) is 2.07. The van der Waals surface area contributed by atoms with Gasteiger partial charge in [0.05, 0.1) is 15.7 Å². The molecule has 0 N–H and O–H groups in total. The molecule has 78 valence electrons. The molecule has 15 heavy (non-hydrogen) atoms. The Kier molecular flexibility index (Phi) is 3.28. The average molecular weight is 237 g/mol. The molecule has 0 radical (unpaired) electrons. The van der Waals surface area contributed by atoms with Gasteiger partial charge in [0.2, 0.25) is 0 Å². The minimum atomic E-state index is 0.181. The maximum atomic E-state index is 11.8. The number of ketones is 1. The highest BCUT2D eigenvalue weighted by Gasteiger charge is 2.09. The molecule has 2 aromatic heterocycles. The summed E-state index contributed by atoms with van der Waals surface area (Å²) < 4.78 is 3.05. The molecule has 2 aromatic rings. The van der Waals surface area contributed by atoms with E-state index < -0.39 is 0 Å². The Morgan fingerprint density at radius 2 is 2.33 bits per heavy atom. The Balaban J connectivity index is 1.96. The second kappa shape index (κ2) is 4.68. The van der Waals surface area contributed by atoms with Crippen molar-refractivity contribution in [3.63, 3.8) is 0 Å². The number of carbonyl (C=O) groups is 1. The zero-order chi connectivity index (χ0) is 10.7. The van der Waals surface area contributed by atoms with Crippen LogP contribution < -0.4 is 0 Å². The third kappa shape index (κ3) is 2.52. The van der Waals surface area contributed by atoms with Gasteiger partial charge in [0.25, 0.3) is 0 Å². The van der Waals surface area contributed by atoms with Gasteiger partial charge in [-0.15, -0.1) is 23.1 Å². The average Bonchev–Trinajstić information content (AvgIpc) is 2.84. The van der Waals surface area contributed by atoms with Crippen molar-refractivity contribution in [1.29, 1.82) is 0 Å². The van der Waals surface area contributed by atoms with Crippen molar-refractivity contribution in [3.8, 4) is 0 Å². The number of hydrogen-bond donors (Lipinski definition) is 0. The van der Waals surface area contributed by atoms with Gasteiger partial charge in [0, 0.05) is 13.2 Å². The molecule has 2 nitrogen and oxygen atoms in total. The number of thiophene rings is 1. The van der Waals surface area contributed by atoms with Gasteiger partial charge >= 0.3 is 0 Å². The van der Waals surface area contributed by atoms with E-state index in [1.165, 1.54) is 4.21 Å². The summed E-state index contributed by atoms with van der Waals surface area (Å²) in [6, 6.07) is 7.79. The number of hydrogen-bond acceptors (Lipinski definition) is 3. The van der Waals surface area contributed by atoms with Crippen LogP contribution in [0.3, 0.4) is 0 Å². The fraction of sp³-hybridized carbons (Fsp3) is 0.182. The van der Waals surface area contributed by atoms with E-state index in [0.29, 0.717) is 5.75 Å². The van der Waals surface area contributed by atoms with Crippen molar-refractivity contribution in [1.82, 2.24) is 4.57 Å². The lowest BCUT2D eigenvalue weighted by molar-refractivity contribution is 0.101. The highest BCUT2D eigenvalue weighted by Crippen LogP contribution is 2.24. The fourth-order valence-corrected chi connectivity index (χ4v) is 2.97. The van der Waals surface area contributed by atoms with Gasteiger partial charge in [-0.1, -0.05) is 6.07 Å². The van der Waals surface area contributed by atoms with Crippen molar-refractivity contribution in [2.75, 3.05) is 5.75 Å². The molecule has 0 aromatic carbocycles. The van der Waals surface area contributed by atoms with Gasteiger partial charge < -0.3 is 4.57 Å². The number of nitrogens with zero attached hydrogens (tertiary/aromatic N) is 1. The molecule has 0 unspecified atom stereocenters. The molecule has 0 saturated heterocycles. The summed E-state index contributed by atoms with van der Waals surface area (Å²) in [6.07, 6.45) is 1.89. The van der Waals surface area contributed by atoms with Crippen molar-refractivity contribution < 1.29 is 4.79 Å².